The molecule has 0 spiro atoms. The predicted molar refractivity (Wildman–Crippen MR) is 78.3 cm³/mol. The molecule has 0 radical (unpaired) electrons. The van der Waals surface area contributed by atoms with Crippen LogP contribution in [0.4, 0.5) is 5.69 Å². The van der Waals surface area contributed by atoms with Crippen molar-refractivity contribution in [1.82, 2.24) is 9.88 Å². The molecule has 0 unspecified atom stereocenters. The van der Waals surface area contributed by atoms with Crippen LogP contribution in [0, 0.1) is 0 Å². The Morgan fingerprint density at radius 3 is 2.80 bits per heavy atom. The molecule has 0 bridgehead atoms. The molecule has 0 fully saturated rings. The lowest BCUT2D eigenvalue weighted by molar-refractivity contribution is 0.0751. The Balaban J connectivity index is 2.23. The highest BCUT2D eigenvalue weighted by atomic mass is 16.2. The van der Waals surface area contributed by atoms with E-state index in [1.807, 2.05) is 25.1 Å². The summed E-state index contributed by atoms with van der Waals surface area (Å²) in [5, 5.41) is 0. The molecule has 1 aromatic heterocycles. The molecule has 1 heterocycles. The third-order valence-electron chi connectivity index (χ3n) is 3.05. The number of nitrogen functional groups attached to an aromatic ring is 1. The summed E-state index contributed by atoms with van der Waals surface area (Å²) < 4.78 is 0. The lowest BCUT2D eigenvalue weighted by Gasteiger charge is -2.20. The van der Waals surface area contributed by atoms with Crippen molar-refractivity contribution in [3.8, 4) is 0 Å². The molecule has 0 atom stereocenters. The van der Waals surface area contributed by atoms with Crippen molar-refractivity contribution in [3.05, 3.63) is 64.1 Å². The molecule has 5 heteroatoms. The highest BCUT2D eigenvalue weighted by Crippen LogP contribution is 2.11. The lowest BCUT2D eigenvalue weighted by Crippen LogP contribution is -2.33. The highest BCUT2D eigenvalue weighted by molar-refractivity contribution is 5.93. The minimum absolute atomic E-state index is 0.151. The first-order valence-corrected chi connectivity index (χ1v) is 6.42. The SMILES string of the molecule is CCN(Cc1cccc(N)c1)C(=O)c1c[nH]ccc1=O. The Bertz CT molecular complexity index is 664. The number of benzene rings is 1. The van der Waals surface area contributed by atoms with Crippen molar-refractivity contribution < 1.29 is 4.79 Å². The van der Waals surface area contributed by atoms with Crippen molar-refractivity contribution in [3.63, 3.8) is 0 Å². The van der Waals surface area contributed by atoms with Gasteiger partial charge in [-0.05, 0) is 24.6 Å². The summed E-state index contributed by atoms with van der Waals surface area (Å²) in [7, 11) is 0. The van der Waals surface area contributed by atoms with E-state index in [4.69, 9.17) is 5.73 Å². The normalized spacial score (nSPS) is 10.2. The van der Waals surface area contributed by atoms with E-state index in [0.717, 1.165) is 5.56 Å². The molecule has 0 aliphatic rings. The number of aromatic amines is 1. The zero-order chi connectivity index (χ0) is 14.5. The van der Waals surface area contributed by atoms with Crippen LogP contribution >= 0.6 is 0 Å². The number of nitrogens with zero attached hydrogens (tertiary/aromatic N) is 1. The Hall–Kier alpha value is -2.56. The molecular formula is C15H17N3O2. The second-order valence-electron chi connectivity index (χ2n) is 4.49. The first-order valence-electron chi connectivity index (χ1n) is 6.42. The predicted octanol–water partition coefficient (Wildman–Crippen LogP) is 1.62. The Morgan fingerprint density at radius 2 is 2.15 bits per heavy atom. The van der Waals surface area contributed by atoms with Crippen molar-refractivity contribution in [1.29, 1.82) is 0 Å². The quantitative estimate of drug-likeness (QED) is 0.829. The standard InChI is InChI=1S/C15H17N3O2/c1-2-18(10-11-4-3-5-12(16)8-11)15(20)13-9-17-7-6-14(13)19/h3-9H,2,10,16H2,1H3,(H,17,19). The van der Waals surface area contributed by atoms with Gasteiger partial charge in [-0.2, -0.15) is 0 Å². The summed E-state index contributed by atoms with van der Waals surface area (Å²) in [6.45, 7) is 2.82. The number of pyridine rings is 1. The second-order valence-corrected chi connectivity index (χ2v) is 4.49. The summed E-state index contributed by atoms with van der Waals surface area (Å²) in [6, 6.07) is 8.72. The number of anilines is 1. The minimum Gasteiger partial charge on any atom is -0.399 e. The molecule has 5 nitrogen and oxygen atoms in total. The van der Waals surface area contributed by atoms with E-state index in [9.17, 15) is 9.59 Å². The van der Waals surface area contributed by atoms with Crippen molar-refractivity contribution in [2.24, 2.45) is 0 Å². The van der Waals surface area contributed by atoms with E-state index in [1.165, 1.54) is 18.5 Å². The van der Waals surface area contributed by atoms with Crippen LogP contribution in [0.2, 0.25) is 0 Å². The van der Waals surface area contributed by atoms with Gasteiger partial charge in [-0.3, -0.25) is 9.59 Å². The molecule has 104 valence electrons. The van der Waals surface area contributed by atoms with E-state index in [0.29, 0.717) is 18.8 Å². The number of carbonyl (C=O) groups excluding carboxylic acids is 1. The number of rotatable bonds is 4. The Morgan fingerprint density at radius 1 is 1.35 bits per heavy atom. The van der Waals surface area contributed by atoms with Crippen LogP contribution < -0.4 is 11.2 Å². The first kappa shape index (κ1) is 13.9. The zero-order valence-corrected chi connectivity index (χ0v) is 11.3. The van der Waals surface area contributed by atoms with Gasteiger partial charge in [0.2, 0.25) is 0 Å². The van der Waals surface area contributed by atoms with Crippen molar-refractivity contribution >= 4 is 11.6 Å². The van der Waals surface area contributed by atoms with E-state index in [2.05, 4.69) is 4.98 Å². The van der Waals surface area contributed by atoms with Gasteiger partial charge in [0.25, 0.3) is 5.91 Å². The van der Waals surface area contributed by atoms with Crippen LogP contribution in [0.3, 0.4) is 0 Å². The summed E-state index contributed by atoms with van der Waals surface area (Å²) >= 11 is 0. The van der Waals surface area contributed by atoms with Crippen LogP contribution in [-0.2, 0) is 6.54 Å². The Kier molecular flexibility index (Phi) is 4.20. The molecule has 0 saturated heterocycles. The molecular weight excluding hydrogens is 254 g/mol. The molecule has 0 saturated carbocycles. The largest absolute Gasteiger partial charge is 0.399 e. The van der Waals surface area contributed by atoms with Gasteiger partial charge in [0.05, 0.1) is 0 Å². The van der Waals surface area contributed by atoms with E-state index >= 15 is 0 Å². The number of aromatic nitrogens is 1. The second kappa shape index (κ2) is 6.06. The summed E-state index contributed by atoms with van der Waals surface area (Å²) in [4.78, 5) is 28.4. The topological polar surface area (TPSA) is 79.2 Å². The molecule has 1 aromatic carbocycles. The lowest BCUT2D eigenvalue weighted by atomic mass is 10.1. The van der Waals surface area contributed by atoms with Gasteiger partial charge in [-0.15, -0.1) is 0 Å². The summed E-state index contributed by atoms with van der Waals surface area (Å²) in [6.07, 6.45) is 2.94. The van der Waals surface area contributed by atoms with E-state index in [1.54, 1.807) is 11.0 Å². The van der Waals surface area contributed by atoms with Gasteiger partial charge >= 0.3 is 0 Å². The maximum atomic E-state index is 12.4. The van der Waals surface area contributed by atoms with Crippen LogP contribution in [-0.4, -0.2) is 22.3 Å². The number of nitrogens with one attached hydrogen (secondary N) is 1. The monoisotopic (exact) mass is 271 g/mol. The van der Waals surface area contributed by atoms with Gasteiger partial charge < -0.3 is 15.6 Å². The molecule has 1 amide bonds. The van der Waals surface area contributed by atoms with Gasteiger partial charge in [0.15, 0.2) is 5.43 Å². The molecule has 2 rings (SSSR count). The first-order chi connectivity index (χ1) is 9.61. The van der Waals surface area contributed by atoms with E-state index in [-0.39, 0.29) is 16.9 Å². The summed E-state index contributed by atoms with van der Waals surface area (Å²) in [5.41, 5.74) is 7.20. The number of hydrogen-bond acceptors (Lipinski definition) is 3. The number of amides is 1. The molecule has 2 aromatic rings. The average molecular weight is 271 g/mol. The number of H-pyrrole nitrogens is 1. The average Bonchev–Trinajstić information content (AvgIpc) is 2.44. The fourth-order valence-corrected chi connectivity index (χ4v) is 1.99. The molecule has 0 aliphatic carbocycles. The fraction of sp³-hybridized carbons (Fsp3) is 0.200. The van der Waals surface area contributed by atoms with E-state index < -0.39 is 0 Å². The molecule has 0 aliphatic heterocycles. The van der Waals surface area contributed by atoms with Gasteiger partial charge in [-0.25, -0.2) is 0 Å². The van der Waals surface area contributed by atoms with Crippen molar-refractivity contribution in [2.45, 2.75) is 13.5 Å². The van der Waals surface area contributed by atoms with Crippen molar-refractivity contribution in [2.75, 3.05) is 12.3 Å². The highest BCUT2D eigenvalue weighted by Gasteiger charge is 2.17. The third kappa shape index (κ3) is 3.06. The van der Waals surface area contributed by atoms with Gasteiger partial charge in [-0.1, -0.05) is 12.1 Å². The van der Waals surface area contributed by atoms with Crippen LogP contribution in [0.15, 0.2) is 47.5 Å². The maximum Gasteiger partial charge on any atom is 0.259 e. The van der Waals surface area contributed by atoms with Gasteiger partial charge in [0.1, 0.15) is 5.56 Å². The fourth-order valence-electron chi connectivity index (χ4n) is 1.99. The van der Waals surface area contributed by atoms with Crippen LogP contribution in [0.25, 0.3) is 0 Å². The van der Waals surface area contributed by atoms with Crippen LogP contribution in [0.5, 0.6) is 0 Å². The number of carbonyl (C=O) groups is 1. The zero-order valence-electron chi connectivity index (χ0n) is 11.3. The molecule has 3 N–H and O–H groups in total. The van der Waals surface area contributed by atoms with Crippen LogP contribution in [0.1, 0.15) is 22.8 Å². The number of nitrogens with two attached hydrogens (primary N) is 1. The maximum absolute atomic E-state index is 12.4. The molecule has 20 heavy (non-hydrogen) atoms. The number of hydrogen-bond donors (Lipinski definition) is 2. The summed E-state index contributed by atoms with van der Waals surface area (Å²) in [5.74, 6) is -0.281. The smallest absolute Gasteiger partial charge is 0.259 e. The Labute approximate surface area is 117 Å². The minimum atomic E-state index is -0.281. The third-order valence-corrected chi connectivity index (χ3v) is 3.05. The van der Waals surface area contributed by atoms with Gasteiger partial charge in [0, 0.05) is 37.2 Å².